The number of hydrogen-bond donors (Lipinski definition) is 0. The zero-order valence-corrected chi connectivity index (χ0v) is 11.0. The van der Waals surface area contributed by atoms with Crippen LogP contribution < -0.4 is 9.64 Å². The zero-order chi connectivity index (χ0) is 14.7. The van der Waals surface area contributed by atoms with Crippen molar-refractivity contribution in [1.82, 2.24) is 0 Å². The van der Waals surface area contributed by atoms with E-state index in [0.29, 0.717) is 17.1 Å². The minimum absolute atomic E-state index is 0.290. The number of benzene rings is 2. The normalized spacial score (nSPS) is 10.2. The summed E-state index contributed by atoms with van der Waals surface area (Å²) in [5.41, 5.74) is 0.776. The number of nitro benzene ring substituents is 1. The van der Waals surface area contributed by atoms with E-state index in [1.165, 1.54) is 19.2 Å². The van der Waals surface area contributed by atoms with Crippen molar-refractivity contribution < 1.29 is 14.1 Å². The zero-order valence-electron chi connectivity index (χ0n) is 11.0. The lowest BCUT2D eigenvalue weighted by atomic mass is 10.2. The molecule has 0 spiro atoms. The molecule has 0 radical (unpaired) electrons. The Morgan fingerprint density at radius 2 is 1.95 bits per heavy atom. The monoisotopic (exact) mass is 276 g/mol. The Labute approximate surface area is 115 Å². The van der Waals surface area contributed by atoms with Gasteiger partial charge in [-0.15, -0.1) is 0 Å². The molecule has 0 unspecified atom stereocenters. The number of para-hydroxylation sites is 2. The molecule has 0 atom stereocenters. The second-order valence-electron chi connectivity index (χ2n) is 4.16. The van der Waals surface area contributed by atoms with Crippen LogP contribution in [0.2, 0.25) is 0 Å². The molecule has 0 aliphatic heterocycles. The van der Waals surface area contributed by atoms with Gasteiger partial charge in [0.15, 0.2) is 0 Å². The largest absolute Gasteiger partial charge is 0.495 e. The van der Waals surface area contributed by atoms with Crippen molar-refractivity contribution in [3.8, 4) is 5.75 Å². The van der Waals surface area contributed by atoms with Gasteiger partial charge in [0.1, 0.15) is 11.6 Å². The third-order valence-electron chi connectivity index (χ3n) is 2.91. The predicted molar refractivity (Wildman–Crippen MR) is 74.1 cm³/mol. The number of halogens is 1. The summed E-state index contributed by atoms with van der Waals surface area (Å²) >= 11 is 0. The minimum Gasteiger partial charge on any atom is -0.495 e. The molecule has 0 heterocycles. The van der Waals surface area contributed by atoms with Crippen LogP contribution in [0.3, 0.4) is 0 Å². The number of methoxy groups -OCH3 is 1. The van der Waals surface area contributed by atoms with E-state index in [9.17, 15) is 14.5 Å². The molecule has 0 aliphatic rings. The van der Waals surface area contributed by atoms with Gasteiger partial charge in [-0.2, -0.15) is 0 Å². The van der Waals surface area contributed by atoms with Crippen LogP contribution in [0, 0.1) is 15.9 Å². The Morgan fingerprint density at radius 3 is 2.60 bits per heavy atom. The first-order chi connectivity index (χ1) is 9.52. The van der Waals surface area contributed by atoms with Crippen LogP contribution in [-0.4, -0.2) is 19.1 Å². The molecule has 0 saturated carbocycles. The molecule has 2 rings (SSSR count). The molecular formula is C14H13FN2O3. The minimum atomic E-state index is -0.657. The fourth-order valence-electron chi connectivity index (χ4n) is 1.90. The van der Waals surface area contributed by atoms with Crippen LogP contribution in [-0.2, 0) is 0 Å². The second kappa shape index (κ2) is 5.56. The molecule has 0 amide bonds. The van der Waals surface area contributed by atoms with E-state index >= 15 is 0 Å². The van der Waals surface area contributed by atoms with Crippen molar-refractivity contribution in [3.05, 3.63) is 58.4 Å². The highest BCUT2D eigenvalue weighted by Crippen LogP contribution is 2.33. The van der Waals surface area contributed by atoms with Crippen molar-refractivity contribution in [2.45, 2.75) is 0 Å². The lowest BCUT2D eigenvalue weighted by Crippen LogP contribution is -2.11. The van der Waals surface area contributed by atoms with Gasteiger partial charge >= 0.3 is 0 Å². The summed E-state index contributed by atoms with van der Waals surface area (Å²) in [7, 11) is 3.22. The van der Waals surface area contributed by atoms with Gasteiger partial charge in [0.25, 0.3) is 5.69 Å². The van der Waals surface area contributed by atoms with Gasteiger partial charge in [0.05, 0.1) is 29.5 Å². The molecule has 2 aromatic rings. The molecule has 2 aromatic carbocycles. The number of ether oxygens (including phenoxy) is 1. The van der Waals surface area contributed by atoms with E-state index in [1.54, 1.807) is 24.1 Å². The third-order valence-corrected chi connectivity index (χ3v) is 2.91. The second-order valence-corrected chi connectivity index (χ2v) is 4.16. The lowest BCUT2D eigenvalue weighted by molar-refractivity contribution is -0.385. The quantitative estimate of drug-likeness (QED) is 0.633. The summed E-state index contributed by atoms with van der Waals surface area (Å²) in [6, 6.07) is 10.6. The number of anilines is 2. The van der Waals surface area contributed by atoms with Gasteiger partial charge in [-0.3, -0.25) is 10.1 Å². The van der Waals surface area contributed by atoms with Gasteiger partial charge in [-0.1, -0.05) is 12.1 Å². The first kappa shape index (κ1) is 13.8. The van der Waals surface area contributed by atoms with E-state index in [0.717, 1.165) is 6.07 Å². The molecule has 0 fully saturated rings. The first-order valence-electron chi connectivity index (χ1n) is 5.84. The van der Waals surface area contributed by atoms with Crippen LogP contribution in [0.5, 0.6) is 5.75 Å². The summed E-state index contributed by atoms with van der Waals surface area (Å²) in [5, 5.41) is 10.8. The lowest BCUT2D eigenvalue weighted by Gasteiger charge is -2.21. The maximum atomic E-state index is 13.5. The van der Waals surface area contributed by atoms with Crippen LogP contribution in [0.1, 0.15) is 0 Å². The van der Waals surface area contributed by atoms with E-state index in [2.05, 4.69) is 0 Å². The molecule has 5 nitrogen and oxygen atoms in total. The summed E-state index contributed by atoms with van der Waals surface area (Å²) < 4.78 is 18.7. The summed E-state index contributed by atoms with van der Waals surface area (Å²) in [6.45, 7) is 0. The van der Waals surface area contributed by atoms with Crippen molar-refractivity contribution in [1.29, 1.82) is 0 Å². The van der Waals surface area contributed by atoms with E-state index < -0.39 is 10.7 Å². The molecule has 104 valence electrons. The van der Waals surface area contributed by atoms with E-state index in [1.807, 2.05) is 12.1 Å². The van der Waals surface area contributed by atoms with Gasteiger partial charge in [0, 0.05) is 13.1 Å². The third kappa shape index (κ3) is 2.69. The van der Waals surface area contributed by atoms with Crippen LogP contribution in [0.25, 0.3) is 0 Å². The highest BCUT2D eigenvalue weighted by molar-refractivity contribution is 5.70. The molecule has 0 aromatic heterocycles. The number of nitro groups is 1. The molecule has 0 saturated heterocycles. The molecular weight excluding hydrogens is 263 g/mol. The standard InChI is InChI=1S/C14H13FN2O3/c1-16(13-5-3-4-6-14(13)20-2)11-7-10(15)8-12(9-11)17(18)19/h3-9H,1-2H3. The molecule has 20 heavy (non-hydrogen) atoms. The van der Waals surface area contributed by atoms with Gasteiger partial charge in [-0.05, 0) is 18.2 Å². The maximum absolute atomic E-state index is 13.5. The van der Waals surface area contributed by atoms with Gasteiger partial charge in [-0.25, -0.2) is 4.39 Å². The van der Waals surface area contributed by atoms with Gasteiger partial charge < -0.3 is 9.64 Å². The summed E-state index contributed by atoms with van der Waals surface area (Å²) in [4.78, 5) is 11.8. The van der Waals surface area contributed by atoms with Crippen molar-refractivity contribution in [3.63, 3.8) is 0 Å². The molecule has 0 aliphatic carbocycles. The number of hydrogen-bond acceptors (Lipinski definition) is 4. The Bertz CT molecular complexity index is 646. The molecule has 0 N–H and O–H groups in total. The topological polar surface area (TPSA) is 55.6 Å². The van der Waals surface area contributed by atoms with E-state index in [-0.39, 0.29) is 5.69 Å². The van der Waals surface area contributed by atoms with Crippen LogP contribution in [0.15, 0.2) is 42.5 Å². The van der Waals surface area contributed by atoms with Crippen molar-refractivity contribution in [2.75, 3.05) is 19.1 Å². The molecule has 0 bridgehead atoms. The first-order valence-corrected chi connectivity index (χ1v) is 5.84. The average molecular weight is 276 g/mol. The highest BCUT2D eigenvalue weighted by Gasteiger charge is 2.15. The van der Waals surface area contributed by atoms with Crippen molar-refractivity contribution >= 4 is 17.1 Å². The Morgan fingerprint density at radius 1 is 1.25 bits per heavy atom. The number of nitrogens with zero attached hydrogens (tertiary/aromatic N) is 2. The van der Waals surface area contributed by atoms with Gasteiger partial charge in [0.2, 0.25) is 0 Å². The Kier molecular flexibility index (Phi) is 3.84. The van der Waals surface area contributed by atoms with Crippen LogP contribution in [0.4, 0.5) is 21.5 Å². The average Bonchev–Trinajstić information content (AvgIpc) is 2.45. The number of rotatable bonds is 4. The summed E-state index contributed by atoms with van der Waals surface area (Å²) in [6.07, 6.45) is 0. The fraction of sp³-hybridized carbons (Fsp3) is 0.143. The SMILES string of the molecule is COc1ccccc1N(C)c1cc(F)cc([N+](=O)[O-])c1. The predicted octanol–water partition coefficient (Wildman–Crippen LogP) is 3.51. The fourth-order valence-corrected chi connectivity index (χ4v) is 1.90. The van der Waals surface area contributed by atoms with E-state index in [4.69, 9.17) is 4.74 Å². The smallest absolute Gasteiger partial charge is 0.274 e. The number of non-ortho nitro benzene ring substituents is 1. The summed E-state index contributed by atoms with van der Waals surface area (Å²) in [5.74, 6) is -0.0575. The maximum Gasteiger partial charge on any atom is 0.274 e. The Balaban J connectivity index is 2.47. The van der Waals surface area contributed by atoms with Crippen molar-refractivity contribution in [2.24, 2.45) is 0 Å². The molecule has 6 heteroatoms. The van der Waals surface area contributed by atoms with Crippen LogP contribution >= 0.6 is 0 Å². The highest BCUT2D eigenvalue weighted by atomic mass is 19.1. The Hall–Kier alpha value is -2.63.